The molecule has 0 saturated heterocycles. The third-order valence-electron chi connectivity index (χ3n) is 3.70. The molecule has 1 aliphatic rings. The van der Waals surface area contributed by atoms with Gasteiger partial charge in [0.1, 0.15) is 0 Å². The molecule has 6 heteroatoms. The lowest BCUT2D eigenvalue weighted by atomic mass is 9.93. The van der Waals surface area contributed by atoms with Gasteiger partial charge in [0.15, 0.2) is 0 Å². The summed E-state index contributed by atoms with van der Waals surface area (Å²) in [6, 6.07) is -0.283. The average Bonchev–Trinajstić information content (AvgIpc) is 2.30. The lowest BCUT2D eigenvalue weighted by molar-refractivity contribution is 0.0634. The van der Waals surface area contributed by atoms with Gasteiger partial charge in [0, 0.05) is 13.6 Å². The number of likely N-dealkylation sites (N-methyl/N-ethyl adjacent to an activating group) is 1. The van der Waals surface area contributed by atoms with Crippen LogP contribution in [0.25, 0.3) is 0 Å². The molecule has 0 heterocycles. The van der Waals surface area contributed by atoms with E-state index in [0.29, 0.717) is 12.8 Å². The molecule has 3 N–H and O–H groups in total. The molecule has 5 nitrogen and oxygen atoms in total. The van der Waals surface area contributed by atoms with E-state index < -0.39 is 21.4 Å². The molecule has 0 aromatic heterocycles. The molecule has 0 aromatic rings. The fraction of sp³-hybridized carbons (Fsp3) is 1.00. The maximum Gasteiger partial charge on any atom is 0.218 e. The molecule has 17 heavy (non-hydrogen) atoms. The van der Waals surface area contributed by atoms with Crippen LogP contribution >= 0.6 is 0 Å². The first-order valence-corrected chi connectivity index (χ1v) is 7.80. The molecule has 1 aliphatic carbocycles. The first-order chi connectivity index (χ1) is 7.95. The average molecular weight is 264 g/mol. The quantitative estimate of drug-likeness (QED) is 0.747. The van der Waals surface area contributed by atoms with E-state index in [1.165, 1.54) is 4.31 Å². The highest BCUT2D eigenvalue weighted by molar-refractivity contribution is 7.89. The molecule has 0 bridgehead atoms. The molecule has 3 unspecified atom stereocenters. The fourth-order valence-electron chi connectivity index (χ4n) is 2.44. The van der Waals surface area contributed by atoms with Crippen molar-refractivity contribution in [1.82, 2.24) is 4.31 Å². The summed E-state index contributed by atoms with van der Waals surface area (Å²) in [5, 5.41) is 9.35. The second kappa shape index (κ2) is 6.13. The zero-order chi connectivity index (χ0) is 13.1. The number of aliphatic hydroxyl groups excluding tert-OH is 1. The molecule has 3 atom stereocenters. The van der Waals surface area contributed by atoms with Crippen LogP contribution in [0.5, 0.6) is 0 Å². The van der Waals surface area contributed by atoms with Gasteiger partial charge in [-0.25, -0.2) is 8.42 Å². The van der Waals surface area contributed by atoms with Crippen LogP contribution in [0.3, 0.4) is 0 Å². The molecule has 0 spiro atoms. The lowest BCUT2D eigenvalue weighted by Crippen LogP contribution is -2.50. The van der Waals surface area contributed by atoms with E-state index in [9.17, 15) is 13.5 Å². The van der Waals surface area contributed by atoms with E-state index in [2.05, 4.69) is 0 Å². The molecule has 1 rings (SSSR count). The van der Waals surface area contributed by atoms with Crippen molar-refractivity contribution < 1.29 is 13.5 Å². The van der Waals surface area contributed by atoms with Crippen molar-refractivity contribution in [2.24, 2.45) is 5.73 Å². The van der Waals surface area contributed by atoms with Gasteiger partial charge in [0.25, 0.3) is 0 Å². The number of sulfonamides is 1. The Kier molecular flexibility index (Phi) is 5.37. The van der Waals surface area contributed by atoms with Crippen molar-refractivity contribution >= 4 is 10.0 Å². The van der Waals surface area contributed by atoms with Crippen LogP contribution in [0, 0.1) is 0 Å². The van der Waals surface area contributed by atoms with Crippen LogP contribution in [0.2, 0.25) is 0 Å². The Bertz CT molecular complexity index is 328. The number of nitrogens with two attached hydrogens (primary N) is 1. The first-order valence-electron chi connectivity index (χ1n) is 6.30. The number of rotatable bonds is 5. The van der Waals surface area contributed by atoms with Crippen LogP contribution in [0.4, 0.5) is 0 Å². The molecule has 0 radical (unpaired) electrons. The van der Waals surface area contributed by atoms with E-state index >= 15 is 0 Å². The van der Waals surface area contributed by atoms with Crippen molar-refractivity contribution in [3.8, 4) is 0 Å². The lowest BCUT2D eigenvalue weighted by Gasteiger charge is -2.36. The van der Waals surface area contributed by atoms with Crippen molar-refractivity contribution in [3.05, 3.63) is 0 Å². The molecular formula is C11H24N2O3S. The minimum Gasteiger partial charge on any atom is -0.391 e. The highest BCUT2D eigenvalue weighted by Gasteiger charge is 2.36. The number of hydrogen-bond acceptors (Lipinski definition) is 4. The summed E-state index contributed by atoms with van der Waals surface area (Å²) in [6.07, 6.45) is 3.33. The van der Waals surface area contributed by atoms with Gasteiger partial charge in [-0.3, -0.25) is 0 Å². The fourth-order valence-corrected chi connectivity index (χ4v) is 4.20. The second-order valence-electron chi connectivity index (χ2n) is 4.75. The van der Waals surface area contributed by atoms with Crippen LogP contribution in [-0.2, 0) is 10.0 Å². The third kappa shape index (κ3) is 3.19. The number of nitrogens with zero attached hydrogens (tertiary/aromatic N) is 1. The van der Waals surface area contributed by atoms with Gasteiger partial charge in [-0.2, -0.15) is 4.31 Å². The Hall–Kier alpha value is -0.170. The Morgan fingerprint density at radius 1 is 1.41 bits per heavy atom. The van der Waals surface area contributed by atoms with Crippen molar-refractivity contribution in [3.63, 3.8) is 0 Å². The van der Waals surface area contributed by atoms with Gasteiger partial charge < -0.3 is 10.8 Å². The standard InChI is InChI=1S/C11H24N2O3S/c1-3-9(8-12)17(15,16)13(2)10-6-4-5-7-11(10)14/h9-11,14H,3-8,12H2,1-2H3. The SMILES string of the molecule is CCC(CN)S(=O)(=O)N(C)C1CCCCC1O. The van der Waals surface area contributed by atoms with Crippen LogP contribution < -0.4 is 5.73 Å². The first kappa shape index (κ1) is 14.9. The van der Waals surface area contributed by atoms with Crippen molar-refractivity contribution in [2.45, 2.75) is 56.4 Å². The molecular weight excluding hydrogens is 240 g/mol. The summed E-state index contributed by atoms with van der Waals surface area (Å²) in [5.74, 6) is 0. The third-order valence-corrected chi connectivity index (χ3v) is 6.14. The smallest absolute Gasteiger partial charge is 0.218 e. The van der Waals surface area contributed by atoms with E-state index in [4.69, 9.17) is 5.73 Å². The molecule has 1 saturated carbocycles. The molecule has 0 aromatic carbocycles. The topological polar surface area (TPSA) is 83.6 Å². The van der Waals surface area contributed by atoms with Crippen molar-refractivity contribution in [1.29, 1.82) is 0 Å². The van der Waals surface area contributed by atoms with Gasteiger partial charge in [0.05, 0.1) is 17.4 Å². The van der Waals surface area contributed by atoms with Gasteiger partial charge in [-0.15, -0.1) is 0 Å². The van der Waals surface area contributed by atoms with E-state index in [-0.39, 0.29) is 12.6 Å². The highest BCUT2D eigenvalue weighted by Crippen LogP contribution is 2.25. The summed E-state index contributed by atoms with van der Waals surface area (Å²) in [5.41, 5.74) is 5.50. The monoisotopic (exact) mass is 264 g/mol. The molecule has 1 fully saturated rings. The largest absolute Gasteiger partial charge is 0.391 e. The highest BCUT2D eigenvalue weighted by atomic mass is 32.2. The van der Waals surface area contributed by atoms with E-state index in [0.717, 1.165) is 19.3 Å². The number of aliphatic hydroxyl groups is 1. The van der Waals surface area contributed by atoms with Crippen LogP contribution in [0.1, 0.15) is 39.0 Å². The summed E-state index contributed by atoms with van der Waals surface area (Å²) < 4.78 is 25.9. The van der Waals surface area contributed by atoms with E-state index in [1.54, 1.807) is 7.05 Å². The predicted octanol–water partition coefficient (Wildman–Crippen LogP) is 0.289. The zero-order valence-electron chi connectivity index (χ0n) is 10.7. The Labute approximate surface area is 104 Å². The van der Waals surface area contributed by atoms with Gasteiger partial charge >= 0.3 is 0 Å². The summed E-state index contributed by atoms with van der Waals surface area (Å²) in [4.78, 5) is 0. The minimum atomic E-state index is -3.39. The molecule has 0 amide bonds. The molecule has 0 aliphatic heterocycles. The van der Waals surface area contributed by atoms with Crippen molar-refractivity contribution in [2.75, 3.05) is 13.6 Å². The van der Waals surface area contributed by atoms with Crippen LogP contribution in [-0.4, -0.2) is 48.8 Å². The summed E-state index contributed by atoms with van der Waals surface area (Å²) >= 11 is 0. The second-order valence-corrected chi connectivity index (χ2v) is 7.02. The maximum atomic E-state index is 12.3. The minimum absolute atomic E-state index is 0.131. The number of hydrogen-bond donors (Lipinski definition) is 2. The van der Waals surface area contributed by atoms with E-state index in [1.807, 2.05) is 6.92 Å². The summed E-state index contributed by atoms with van der Waals surface area (Å²) in [6.45, 7) is 1.95. The Balaban J connectivity index is 2.83. The Morgan fingerprint density at radius 3 is 2.47 bits per heavy atom. The van der Waals surface area contributed by atoms with Gasteiger partial charge in [-0.05, 0) is 19.3 Å². The Morgan fingerprint density at radius 2 is 2.00 bits per heavy atom. The summed E-state index contributed by atoms with van der Waals surface area (Å²) in [7, 11) is -1.82. The van der Waals surface area contributed by atoms with Gasteiger partial charge in [-0.1, -0.05) is 19.8 Å². The zero-order valence-corrected chi connectivity index (χ0v) is 11.5. The predicted molar refractivity (Wildman–Crippen MR) is 68.1 cm³/mol. The molecule has 102 valence electrons. The van der Waals surface area contributed by atoms with Gasteiger partial charge in [0.2, 0.25) is 10.0 Å². The maximum absolute atomic E-state index is 12.3. The normalized spacial score (nSPS) is 28.3. The van der Waals surface area contributed by atoms with Crippen LogP contribution in [0.15, 0.2) is 0 Å².